The highest BCUT2D eigenvalue weighted by Crippen LogP contribution is 2.33. The fourth-order valence-corrected chi connectivity index (χ4v) is 3.76. The Hall–Kier alpha value is -1.60. The molecule has 0 N–H and O–H groups in total. The summed E-state index contributed by atoms with van der Waals surface area (Å²) in [4.78, 5) is 26.8. The summed E-state index contributed by atoms with van der Waals surface area (Å²) in [5.74, 6) is 6.86. The van der Waals surface area contributed by atoms with Crippen molar-refractivity contribution >= 4 is 29.1 Å². The van der Waals surface area contributed by atoms with Crippen LogP contribution in [-0.2, 0) is 16.0 Å². The van der Waals surface area contributed by atoms with Crippen molar-refractivity contribution in [3.63, 3.8) is 0 Å². The molecule has 1 aromatic rings. The van der Waals surface area contributed by atoms with Crippen LogP contribution < -0.4 is 4.90 Å². The summed E-state index contributed by atoms with van der Waals surface area (Å²) >= 11 is 1.60. The molecule has 0 unspecified atom stereocenters. The first-order valence-electron chi connectivity index (χ1n) is 8.14. The molecule has 1 aliphatic rings. The van der Waals surface area contributed by atoms with Crippen LogP contribution >= 0.6 is 11.3 Å². The van der Waals surface area contributed by atoms with Crippen molar-refractivity contribution < 1.29 is 9.59 Å². The third-order valence-electron chi connectivity index (χ3n) is 4.06. The Morgan fingerprint density at radius 2 is 2.00 bits per heavy atom. The molecule has 23 heavy (non-hydrogen) atoms. The monoisotopic (exact) mass is 331 g/mol. The van der Waals surface area contributed by atoms with Crippen LogP contribution in [0.15, 0.2) is 6.07 Å². The van der Waals surface area contributed by atoms with Gasteiger partial charge in [-0.3, -0.25) is 4.79 Å². The predicted molar refractivity (Wildman–Crippen MR) is 96.1 cm³/mol. The molecular formula is C19H25NO2S. The number of thiophene rings is 1. The van der Waals surface area contributed by atoms with Gasteiger partial charge in [0.1, 0.15) is 12.1 Å². The zero-order valence-corrected chi connectivity index (χ0v) is 15.3. The van der Waals surface area contributed by atoms with E-state index in [2.05, 4.69) is 50.6 Å². The molecule has 0 saturated heterocycles. The molecule has 0 bridgehead atoms. The lowest BCUT2D eigenvalue weighted by molar-refractivity contribution is -0.120. The summed E-state index contributed by atoms with van der Waals surface area (Å²) in [7, 11) is 2.07. The zero-order chi connectivity index (χ0) is 17.0. The second kappa shape index (κ2) is 7.31. The van der Waals surface area contributed by atoms with E-state index < -0.39 is 0 Å². The first-order chi connectivity index (χ1) is 10.8. The van der Waals surface area contributed by atoms with Crippen molar-refractivity contribution in [3.8, 4) is 11.8 Å². The van der Waals surface area contributed by atoms with Crippen molar-refractivity contribution in [2.75, 3.05) is 11.9 Å². The van der Waals surface area contributed by atoms with Crippen LogP contribution in [0.25, 0.3) is 0 Å². The van der Waals surface area contributed by atoms with Gasteiger partial charge in [-0.1, -0.05) is 11.8 Å². The molecule has 1 saturated carbocycles. The third kappa shape index (κ3) is 4.94. The number of carbonyl (C=O) groups is 2. The Morgan fingerprint density at radius 1 is 1.35 bits per heavy atom. The molecule has 124 valence electrons. The highest BCUT2D eigenvalue weighted by atomic mass is 32.1. The molecule has 1 aromatic heterocycles. The van der Waals surface area contributed by atoms with Gasteiger partial charge in [-0.2, -0.15) is 0 Å². The Bertz CT molecular complexity index is 633. The number of carbonyl (C=O) groups excluding carboxylic acids is 2. The van der Waals surface area contributed by atoms with E-state index in [9.17, 15) is 9.59 Å². The standard InChI is InChI=1S/C19H25NO2S/c1-19(2,3)11-9-16-13-17(18(23-16)10-12-21)20(4)14-5-7-15(22)8-6-14/h12-14H,5-8,10H2,1-4H3. The van der Waals surface area contributed by atoms with Gasteiger partial charge >= 0.3 is 0 Å². The van der Waals surface area contributed by atoms with Gasteiger partial charge in [0.05, 0.1) is 10.6 Å². The largest absolute Gasteiger partial charge is 0.371 e. The van der Waals surface area contributed by atoms with Crippen LogP contribution in [0.4, 0.5) is 5.69 Å². The quantitative estimate of drug-likeness (QED) is 0.621. The third-order valence-corrected chi connectivity index (χ3v) is 5.12. The van der Waals surface area contributed by atoms with Gasteiger partial charge in [0.2, 0.25) is 0 Å². The molecule has 0 aromatic carbocycles. The van der Waals surface area contributed by atoms with Gasteiger partial charge in [-0.15, -0.1) is 11.3 Å². The van der Waals surface area contributed by atoms with Gasteiger partial charge < -0.3 is 9.69 Å². The van der Waals surface area contributed by atoms with Crippen molar-refractivity contribution in [3.05, 3.63) is 15.8 Å². The van der Waals surface area contributed by atoms with Crippen LogP contribution in [0.3, 0.4) is 0 Å². The smallest absolute Gasteiger partial charge is 0.133 e. The van der Waals surface area contributed by atoms with E-state index in [0.717, 1.165) is 34.6 Å². The summed E-state index contributed by atoms with van der Waals surface area (Å²) in [5.41, 5.74) is 1.06. The number of Topliss-reactive ketones (excluding diaryl/α,β-unsaturated/α-hetero) is 1. The number of rotatable bonds is 4. The van der Waals surface area contributed by atoms with E-state index in [1.165, 1.54) is 0 Å². The topological polar surface area (TPSA) is 37.4 Å². The fourth-order valence-electron chi connectivity index (χ4n) is 2.76. The summed E-state index contributed by atoms with van der Waals surface area (Å²) in [6.45, 7) is 6.27. The highest BCUT2D eigenvalue weighted by Gasteiger charge is 2.24. The van der Waals surface area contributed by atoms with Gasteiger partial charge in [-0.25, -0.2) is 0 Å². The van der Waals surface area contributed by atoms with Gasteiger partial charge in [0, 0.05) is 42.6 Å². The van der Waals surface area contributed by atoms with Crippen LogP contribution in [-0.4, -0.2) is 25.2 Å². The molecule has 1 heterocycles. The number of ketones is 1. The number of nitrogens with zero attached hydrogens (tertiary/aromatic N) is 1. The summed E-state index contributed by atoms with van der Waals surface area (Å²) in [6, 6.07) is 2.47. The van der Waals surface area contributed by atoms with Crippen molar-refractivity contribution in [2.45, 2.75) is 58.9 Å². The van der Waals surface area contributed by atoms with E-state index in [4.69, 9.17) is 0 Å². The summed E-state index contributed by atoms with van der Waals surface area (Å²) < 4.78 is 0. The van der Waals surface area contributed by atoms with Crippen LogP contribution in [0.1, 0.15) is 56.2 Å². The van der Waals surface area contributed by atoms with E-state index in [-0.39, 0.29) is 5.41 Å². The number of hydrogen-bond acceptors (Lipinski definition) is 4. The minimum absolute atomic E-state index is 0.0371. The molecule has 0 spiro atoms. The predicted octanol–water partition coefficient (Wildman–Crippen LogP) is 3.84. The minimum atomic E-state index is -0.0371. The van der Waals surface area contributed by atoms with E-state index in [0.29, 0.717) is 31.1 Å². The average molecular weight is 331 g/mol. The molecule has 0 radical (unpaired) electrons. The highest BCUT2D eigenvalue weighted by molar-refractivity contribution is 7.13. The minimum Gasteiger partial charge on any atom is -0.371 e. The summed E-state index contributed by atoms with van der Waals surface area (Å²) in [5, 5.41) is 0. The fraction of sp³-hybridized carbons (Fsp3) is 0.579. The van der Waals surface area contributed by atoms with E-state index in [1.807, 2.05) is 0 Å². The van der Waals surface area contributed by atoms with Crippen LogP contribution in [0, 0.1) is 17.3 Å². The maximum absolute atomic E-state index is 11.4. The number of hydrogen-bond donors (Lipinski definition) is 0. The van der Waals surface area contributed by atoms with Gasteiger partial charge in [0.15, 0.2) is 0 Å². The molecule has 0 aliphatic heterocycles. The molecule has 0 amide bonds. The molecular weight excluding hydrogens is 306 g/mol. The molecule has 3 nitrogen and oxygen atoms in total. The molecule has 0 atom stereocenters. The molecule has 1 fully saturated rings. The van der Waals surface area contributed by atoms with E-state index in [1.54, 1.807) is 11.3 Å². The Morgan fingerprint density at radius 3 is 2.57 bits per heavy atom. The Kier molecular flexibility index (Phi) is 5.64. The lowest BCUT2D eigenvalue weighted by Gasteiger charge is -2.32. The van der Waals surface area contributed by atoms with Crippen molar-refractivity contribution in [1.82, 2.24) is 0 Å². The first kappa shape index (κ1) is 17.7. The second-order valence-electron chi connectivity index (χ2n) is 7.17. The van der Waals surface area contributed by atoms with Gasteiger partial charge in [0.25, 0.3) is 0 Å². The molecule has 4 heteroatoms. The van der Waals surface area contributed by atoms with E-state index >= 15 is 0 Å². The van der Waals surface area contributed by atoms with Crippen LogP contribution in [0.2, 0.25) is 0 Å². The molecule has 2 rings (SSSR count). The maximum Gasteiger partial charge on any atom is 0.133 e. The van der Waals surface area contributed by atoms with Crippen molar-refractivity contribution in [1.29, 1.82) is 0 Å². The molecule has 1 aliphatic carbocycles. The van der Waals surface area contributed by atoms with Crippen molar-refractivity contribution in [2.24, 2.45) is 5.41 Å². The lowest BCUT2D eigenvalue weighted by atomic mass is 9.93. The SMILES string of the molecule is CN(c1cc(C#CC(C)(C)C)sc1CC=O)C1CCC(=O)CC1. The average Bonchev–Trinajstić information content (AvgIpc) is 2.88. The normalized spacial score (nSPS) is 15.9. The number of aldehydes is 1. The maximum atomic E-state index is 11.4. The first-order valence-corrected chi connectivity index (χ1v) is 8.96. The number of anilines is 1. The van der Waals surface area contributed by atoms with Crippen LogP contribution in [0.5, 0.6) is 0 Å². The lowest BCUT2D eigenvalue weighted by Crippen LogP contribution is -2.35. The summed E-state index contributed by atoms with van der Waals surface area (Å²) in [6.07, 6.45) is 4.50. The second-order valence-corrected chi connectivity index (χ2v) is 8.31. The Labute approximate surface area is 143 Å². The Balaban J connectivity index is 2.24. The van der Waals surface area contributed by atoms with Gasteiger partial charge in [-0.05, 0) is 39.7 Å². The zero-order valence-electron chi connectivity index (χ0n) is 14.4.